The van der Waals surface area contributed by atoms with Gasteiger partial charge >= 0.3 is 6.03 Å². The van der Waals surface area contributed by atoms with Crippen LogP contribution in [0.3, 0.4) is 0 Å². The molecule has 2 aromatic carbocycles. The molecular weight excluding hydrogens is 415 g/mol. The van der Waals surface area contributed by atoms with Crippen molar-refractivity contribution in [3.05, 3.63) is 75.8 Å². The molecule has 0 bridgehead atoms. The van der Waals surface area contributed by atoms with Crippen LogP contribution in [0.1, 0.15) is 11.1 Å². The van der Waals surface area contributed by atoms with Gasteiger partial charge in [-0.2, -0.15) is 0 Å². The van der Waals surface area contributed by atoms with E-state index in [0.29, 0.717) is 11.3 Å². The zero-order valence-corrected chi connectivity index (χ0v) is 16.9. The van der Waals surface area contributed by atoms with Crippen LogP contribution in [0.5, 0.6) is 5.75 Å². The first-order valence-electron chi connectivity index (χ1n) is 8.52. The number of nitrogens with one attached hydrogen (secondary N) is 1. The van der Waals surface area contributed by atoms with Gasteiger partial charge < -0.3 is 4.74 Å². The van der Waals surface area contributed by atoms with Gasteiger partial charge in [0.1, 0.15) is 12.2 Å². The molecule has 0 spiro atoms. The maximum absolute atomic E-state index is 12.9. The van der Waals surface area contributed by atoms with Crippen LogP contribution in [-0.4, -0.2) is 24.5 Å². The van der Waals surface area contributed by atoms with Gasteiger partial charge in [-0.25, -0.2) is 9.69 Å². The first kappa shape index (κ1) is 20.6. The summed E-state index contributed by atoms with van der Waals surface area (Å²) in [4.78, 5) is 38.3. The fourth-order valence-corrected chi connectivity index (χ4v) is 3.31. The zero-order chi connectivity index (χ0) is 21.1. The number of carbonyl (C=O) groups excluding carboxylic acids is 3. The van der Waals surface area contributed by atoms with Gasteiger partial charge in [0.15, 0.2) is 5.75 Å². The largest absolute Gasteiger partial charge is 0.486 e. The number of aryl methyl sites for hydroxylation is 1. The fraction of sp³-hybridized carbons (Fsp3) is 0.0952. The Bertz CT molecular complexity index is 1020. The highest BCUT2D eigenvalue weighted by atomic mass is 35.5. The topological polar surface area (TPSA) is 75.7 Å². The van der Waals surface area contributed by atoms with Gasteiger partial charge in [0.25, 0.3) is 11.8 Å². The van der Waals surface area contributed by atoms with Gasteiger partial charge in [-0.3, -0.25) is 14.9 Å². The number of anilines is 1. The van der Waals surface area contributed by atoms with Crippen molar-refractivity contribution in [2.45, 2.75) is 6.92 Å². The van der Waals surface area contributed by atoms with Gasteiger partial charge in [-0.1, -0.05) is 53.6 Å². The quantitative estimate of drug-likeness (QED) is 0.429. The second-order valence-corrected chi connectivity index (χ2v) is 7.02. The molecule has 4 amide bonds. The Morgan fingerprint density at radius 3 is 2.31 bits per heavy atom. The van der Waals surface area contributed by atoms with Crippen LogP contribution in [0.4, 0.5) is 10.5 Å². The molecule has 2 aromatic rings. The number of urea groups is 1. The molecule has 148 valence electrons. The summed E-state index contributed by atoms with van der Waals surface area (Å²) in [7, 11) is 0. The molecule has 0 radical (unpaired) electrons. The molecule has 29 heavy (non-hydrogen) atoms. The minimum Gasteiger partial charge on any atom is -0.486 e. The SMILES string of the molecule is C=CCOc1c(Cl)cc(/C=C2\C(=O)NC(=O)N(c3ccc(C)cc3)C2=O)cc1Cl. The van der Waals surface area contributed by atoms with Crippen molar-refractivity contribution >= 4 is 52.8 Å². The summed E-state index contributed by atoms with van der Waals surface area (Å²) >= 11 is 12.4. The molecule has 1 aliphatic heterocycles. The minimum absolute atomic E-state index is 0.210. The third-order valence-electron chi connectivity index (χ3n) is 4.07. The predicted octanol–water partition coefficient (Wildman–Crippen LogP) is 4.53. The number of halogens is 2. The number of hydrogen-bond donors (Lipinski definition) is 1. The lowest BCUT2D eigenvalue weighted by molar-refractivity contribution is -0.122. The van der Waals surface area contributed by atoms with Crippen molar-refractivity contribution in [3.8, 4) is 5.75 Å². The molecule has 0 saturated carbocycles. The third kappa shape index (κ3) is 4.34. The highest BCUT2D eigenvalue weighted by molar-refractivity contribution is 6.40. The van der Waals surface area contributed by atoms with Crippen molar-refractivity contribution in [2.75, 3.05) is 11.5 Å². The average Bonchev–Trinajstić information content (AvgIpc) is 2.66. The summed E-state index contributed by atoms with van der Waals surface area (Å²) in [6.45, 7) is 5.65. The molecule has 1 fully saturated rings. The Morgan fingerprint density at radius 2 is 1.72 bits per heavy atom. The maximum Gasteiger partial charge on any atom is 0.335 e. The van der Waals surface area contributed by atoms with Crippen molar-refractivity contribution < 1.29 is 19.1 Å². The van der Waals surface area contributed by atoms with E-state index < -0.39 is 17.8 Å². The minimum atomic E-state index is -0.815. The van der Waals surface area contributed by atoms with Crippen molar-refractivity contribution in [1.82, 2.24) is 5.32 Å². The number of imide groups is 2. The number of amides is 4. The number of rotatable bonds is 5. The summed E-state index contributed by atoms with van der Waals surface area (Å²) in [5.74, 6) is -1.28. The van der Waals surface area contributed by atoms with E-state index in [1.807, 2.05) is 6.92 Å². The van der Waals surface area contributed by atoms with Crippen LogP contribution in [0.2, 0.25) is 10.0 Å². The lowest BCUT2D eigenvalue weighted by Gasteiger charge is -2.26. The average molecular weight is 431 g/mol. The molecule has 8 heteroatoms. The predicted molar refractivity (Wildman–Crippen MR) is 112 cm³/mol. The highest BCUT2D eigenvalue weighted by Crippen LogP contribution is 2.35. The molecule has 0 unspecified atom stereocenters. The molecule has 1 saturated heterocycles. The zero-order valence-electron chi connectivity index (χ0n) is 15.4. The molecule has 0 aliphatic carbocycles. The molecular formula is C21H16Cl2N2O4. The van der Waals surface area contributed by atoms with Crippen LogP contribution < -0.4 is 15.0 Å². The Kier molecular flexibility index (Phi) is 6.06. The van der Waals surface area contributed by atoms with Crippen LogP contribution in [0.15, 0.2) is 54.6 Å². The van der Waals surface area contributed by atoms with Crippen molar-refractivity contribution in [1.29, 1.82) is 0 Å². The Balaban J connectivity index is 1.98. The van der Waals surface area contributed by atoms with Crippen molar-refractivity contribution in [2.24, 2.45) is 0 Å². The molecule has 1 heterocycles. The van der Waals surface area contributed by atoms with E-state index in [2.05, 4.69) is 11.9 Å². The number of ether oxygens (including phenoxy) is 1. The van der Waals surface area contributed by atoms with Crippen LogP contribution in [-0.2, 0) is 9.59 Å². The molecule has 3 rings (SSSR count). The fourth-order valence-electron chi connectivity index (χ4n) is 2.70. The van der Waals surface area contributed by atoms with Crippen molar-refractivity contribution in [3.63, 3.8) is 0 Å². The van der Waals surface area contributed by atoms with Gasteiger partial charge in [-0.15, -0.1) is 0 Å². The van der Waals surface area contributed by atoms with Crippen LogP contribution in [0.25, 0.3) is 6.08 Å². The second-order valence-electron chi connectivity index (χ2n) is 6.21. The van der Waals surface area contributed by atoms with E-state index in [1.54, 1.807) is 30.3 Å². The summed E-state index contributed by atoms with van der Waals surface area (Å²) in [5.41, 5.74) is 1.49. The number of carbonyl (C=O) groups is 3. The van der Waals surface area contributed by atoms with E-state index in [0.717, 1.165) is 10.5 Å². The van der Waals surface area contributed by atoms with E-state index in [4.69, 9.17) is 27.9 Å². The molecule has 0 aromatic heterocycles. The standard InChI is InChI=1S/C21H16Cl2N2O4/c1-3-8-29-18-16(22)10-13(11-17(18)23)9-15-19(26)24-21(28)25(20(15)27)14-6-4-12(2)5-7-14/h3-7,9-11H,1,8H2,2H3,(H,24,26,28)/b15-9+. The van der Waals surface area contributed by atoms with Gasteiger partial charge in [-0.05, 0) is 42.8 Å². The Morgan fingerprint density at radius 1 is 1.10 bits per heavy atom. The lowest BCUT2D eigenvalue weighted by atomic mass is 10.1. The number of hydrogen-bond acceptors (Lipinski definition) is 4. The number of benzene rings is 2. The number of nitrogens with zero attached hydrogens (tertiary/aromatic N) is 1. The molecule has 6 nitrogen and oxygen atoms in total. The smallest absolute Gasteiger partial charge is 0.335 e. The summed E-state index contributed by atoms with van der Waals surface area (Å²) in [6, 6.07) is 8.97. The maximum atomic E-state index is 12.9. The van der Waals surface area contributed by atoms with Gasteiger partial charge in [0.05, 0.1) is 15.7 Å². The Hall–Kier alpha value is -3.09. The van der Waals surface area contributed by atoms with E-state index in [-0.39, 0.29) is 28.0 Å². The number of barbiturate groups is 1. The Labute approximate surface area is 177 Å². The first-order valence-corrected chi connectivity index (χ1v) is 9.28. The van der Waals surface area contributed by atoms with Crippen LogP contribution >= 0.6 is 23.2 Å². The second kappa shape index (κ2) is 8.51. The molecule has 1 aliphatic rings. The third-order valence-corrected chi connectivity index (χ3v) is 4.63. The molecule has 0 atom stereocenters. The normalized spacial score (nSPS) is 15.5. The van der Waals surface area contributed by atoms with E-state index >= 15 is 0 Å². The van der Waals surface area contributed by atoms with Crippen LogP contribution in [0, 0.1) is 6.92 Å². The monoisotopic (exact) mass is 430 g/mol. The summed E-state index contributed by atoms with van der Waals surface area (Å²) < 4.78 is 5.40. The van der Waals surface area contributed by atoms with Gasteiger partial charge in [0, 0.05) is 0 Å². The van der Waals surface area contributed by atoms with E-state index in [1.165, 1.54) is 18.2 Å². The first-order chi connectivity index (χ1) is 13.8. The molecule has 1 N–H and O–H groups in total. The summed E-state index contributed by atoms with van der Waals surface area (Å²) in [6.07, 6.45) is 2.87. The summed E-state index contributed by atoms with van der Waals surface area (Å²) in [5, 5.41) is 2.59. The highest BCUT2D eigenvalue weighted by Gasteiger charge is 2.36. The lowest BCUT2D eigenvalue weighted by Crippen LogP contribution is -2.54. The van der Waals surface area contributed by atoms with E-state index in [9.17, 15) is 14.4 Å². The van der Waals surface area contributed by atoms with Gasteiger partial charge in [0.2, 0.25) is 0 Å².